The lowest BCUT2D eigenvalue weighted by Crippen LogP contribution is -2.14. The van der Waals surface area contributed by atoms with Crippen LogP contribution in [0, 0.1) is 10.1 Å². The van der Waals surface area contributed by atoms with Crippen LogP contribution in [0.2, 0.25) is 0 Å². The SMILES string of the molecule is COc1ccc(NS(=O)(=O)c2ccccc2[N+](=O)[O-])cc1N. The van der Waals surface area contributed by atoms with Crippen LogP contribution in [0.3, 0.4) is 0 Å². The Hall–Kier alpha value is -2.81. The Morgan fingerprint density at radius 2 is 1.91 bits per heavy atom. The van der Waals surface area contributed by atoms with E-state index >= 15 is 0 Å². The Bertz CT molecular complexity index is 820. The molecule has 0 fully saturated rings. The van der Waals surface area contributed by atoms with E-state index < -0.39 is 25.5 Å². The van der Waals surface area contributed by atoms with Crippen molar-refractivity contribution in [1.29, 1.82) is 0 Å². The van der Waals surface area contributed by atoms with Gasteiger partial charge in [-0.05, 0) is 24.3 Å². The maximum Gasteiger partial charge on any atom is 0.289 e. The van der Waals surface area contributed by atoms with Gasteiger partial charge in [0.05, 0.1) is 23.4 Å². The highest BCUT2D eigenvalue weighted by Gasteiger charge is 2.25. The third kappa shape index (κ3) is 3.09. The summed E-state index contributed by atoms with van der Waals surface area (Å²) in [5.74, 6) is 0.397. The van der Waals surface area contributed by atoms with Gasteiger partial charge in [0, 0.05) is 6.07 Å². The highest BCUT2D eigenvalue weighted by atomic mass is 32.2. The van der Waals surface area contributed by atoms with Gasteiger partial charge in [-0.1, -0.05) is 12.1 Å². The van der Waals surface area contributed by atoms with E-state index in [1.807, 2.05) is 0 Å². The van der Waals surface area contributed by atoms with Crippen LogP contribution in [0.4, 0.5) is 17.1 Å². The number of hydrogen-bond donors (Lipinski definition) is 2. The van der Waals surface area contributed by atoms with E-state index in [4.69, 9.17) is 10.5 Å². The number of nitro benzene ring substituents is 1. The van der Waals surface area contributed by atoms with Gasteiger partial charge in [0.2, 0.25) is 0 Å². The van der Waals surface area contributed by atoms with E-state index in [1.165, 1.54) is 37.4 Å². The summed E-state index contributed by atoms with van der Waals surface area (Å²) in [6.07, 6.45) is 0. The normalized spacial score (nSPS) is 11.0. The van der Waals surface area contributed by atoms with Crippen LogP contribution < -0.4 is 15.2 Å². The summed E-state index contributed by atoms with van der Waals surface area (Å²) in [6, 6.07) is 9.38. The van der Waals surface area contributed by atoms with Crippen molar-refractivity contribution in [3.8, 4) is 5.75 Å². The van der Waals surface area contributed by atoms with Crippen molar-refractivity contribution < 1.29 is 18.1 Å². The van der Waals surface area contributed by atoms with Crippen LogP contribution in [0.25, 0.3) is 0 Å². The number of nitrogens with two attached hydrogens (primary N) is 1. The summed E-state index contributed by atoms with van der Waals surface area (Å²) in [6.45, 7) is 0. The second-order valence-corrected chi connectivity index (χ2v) is 5.94. The van der Waals surface area contributed by atoms with Crippen LogP contribution >= 0.6 is 0 Å². The van der Waals surface area contributed by atoms with Crippen molar-refractivity contribution in [3.05, 3.63) is 52.6 Å². The van der Waals surface area contributed by atoms with E-state index in [0.29, 0.717) is 5.75 Å². The number of benzene rings is 2. The molecule has 116 valence electrons. The molecular formula is C13H13N3O5S. The number of hydrogen-bond acceptors (Lipinski definition) is 6. The average molecular weight is 323 g/mol. The highest BCUT2D eigenvalue weighted by molar-refractivity contribution is 7.92. The molecule has 2 aromatic carbocycles. The van der Waals surface area contributed by atoms with E-state index in [-0.39, 0.29) is 11.4 Å². The molecule has 0 bridgehead atoms. The monoisotopic (exact) mass is 323 g/mol. The van der Waals surface area contributed by atoms with Gasteiger partial charge in [-0.2, -0.15) is 0 Å². The molecule has 8 nitrogen and oxygen atoms in total. The van der Waals surface area contributed by atoms with Crippen molar-refractivity contribution in [3.63, 3.8) is 0 Å². The Kier molecular flexibility index (Phi) is 4.18. The number of nitrogen functional groups attached to an aromatic ring is 1. The van der Waals surface area contributed by atoms with Crippen molar-refractivity contribution in [2.24, 2.45) is 0 Å². The van der Waals surface area contributed by atoms with Crippen LogP contribution in [-0.4, -0.2) is 20.5 Å². The predicted octanol–water partition coefficient (Wildman–Crippen LogP) is 1.99. The molecule has 0 radical (unpaired) electrons. The molecule has 22 heavy (non-hydrogen) atoms. The number of ether oxygens (including phenoxy) is 1. The molecule has 0 heterocycles. The van der Waals surface area contributed by atoms with E-state index in [2.05, 4.69) is 4.72 Å². The van der Waals surface area contributed by atoms with Gasteiger partial charge in [-0.25, -0.2) is 8.42 Å². The van der Waals surface area contributed by atoms with Crippen molar-refractivity contribution in [1.82, 2.24) is 0 Å². The third-order valence-electron chi connectivity index (χ3n) is 2.83. The highest BCUT2D eigenvalue weighted by Crippen LogP contribution is 2.28. The molecular weight excluding hydrogens is 310 g/mol. The van der Waals surface area contributed by atoms with Crippen molar-refractivity contribution >= 4 is 27.1 Å². The number of nitrogens with zero attached hydrogens (tertiary/aromatic N) is 1. The van der Waals surface area contributed by atoms with Gasteiger partial charge in [0.25, 0.3) is 15.7 Å². The Morgan fingerprint density at radius 3 is 2.50 bits per heavy atom. The summed E-state index contributed by atoms with van der Waals surface area (Å²) in [7, 11) is -2.68. The molecule has 3 N–H and O–H groups in total. The molecule has 9 heteroatoms. The molecule has 0 aliphatic rings. The number of methoxy groups -OCH3 is 1. The lowest BCUT2D eigenvalue weighted by Gasteiger charge is -2.10. The summed E-state index contributed by atoms with van der Waals surface area (Å²) in [5, 5.41) is 10.9. The summed E-state index contributed by atoms with van der Waals surface area (Å²) < 4.78 is 31.8. The summed E-state index contributed by atoms with van der Waals surface area (Å²) in [5.41, 5.74) is 5.61. The van der Waals surface area contributed by atoms with Gasteiger partial charge in [-0.15, -0.1) is 0 Å². The lowest BCUT2D eigenvalue weighted by atomic mass is 10.2. The Balaban J connectivity index is 2.40. The van der Waals surface area contributed by atoms with Crippen LogP contribution in [0.15, 0.2) is 47.4 Å². The maximum absolute atomic E-state index is 12.3. The van der Waals surface area contributed by atoms with E-state index in [9.17, 15) is 18.5 Å². The molecule has 0 aromatic heterocycles. The minimum absolute atomic E-state index is 0.177. The number of rotatable bonds is 5. The predicted molar refractivity (Wildman–Crippen MR) is 81.3 cm³/mol. The topological polar surface area (TPSA) is 125 Å². The maximum atomic E-state index is 12.3. The first-order valence-electron chi connectivity index (χ1n) is 6.05. The second kappa shape index (κ2) is 5.90. The summed E-state index contributed by atoms with van der Waals surface area (Å²) >= 11 is 0. The zero-order chi connectivity index (χ0) is 16.3. The largest absolute Gasteiger partial charge is 0.495 e. The average Bonchev–Trinajstić information content (AvgIpc) is 2.47. The molecule has 2 aromatic rings. The van der Waals surface area contributed by atoms with Crippen molar-refractivity contribution in [2.45, 2.75) is 4.90 Å². The Morgan fingerprint density at radius 1 is 1.23 bits per heavy atom. The number of sulfonamides is 1. The minimum atomic E-state index is -4.11. The molecule has 0 aliphatic carbocycles. The first-order chi connectivity index (χ1) is 10.3. The van der Waals surface area contributed by atoms with Gasteiger partial charge in [-0.3, -0.25) is 14.8 Å². The molecule has 0 saturated carbocycles. The quantitative estimate of drug-likeness (QED) is 0.492. The minimum Gasteiger partial charge on any atom is -0.495 e. The Labute approximate surface area is 126 Å². The molecule has 0 atom stereocenters. The van der Waals surface area contributed by atoms with Gasteiger partial charge < -0.3 is 10.5 Å². The van der Waals surface area contributed by atoms with Crippen LogP contribution in [-0.2, 0) is 10.0 Å². The molecule has 0 unspecified atom stereocenters. The number of nitro groups is 1. The van der Waals surface area contributed by atoms with E-state index in [1.54, 1.807) is 0 Å². The number of para-hydroxylation sites is 1. The van der Waals surface area contributed by atoms with Crippen molar-refractivity contribution in [2.75, 3.05) is 17.6 Å². The van der Waals surface area contributed by atoms with Crippen LogP contribution in [0.1, 0.15) is 0 Å². The molecule has 2 rings (SSSR count). The van der Waals surface area contributed by atoms with Gasteiger partial charge in [0.1, 0.15) is 5.75 Å². The lowest BCUT2D eigenvalue weighted by molar-refractivity contribution is -0.387. The molecule has 0 aliphatic heterocycles. The van der Waals surface area contributed by atoms with Gasteiger partial charge >= 0.3 is 0 Å². The standard InChI is InChI=1S/C13H13N3O5S/c1-21-12-7-6-9(8-10(12)14)15-22(19,20)13-5-3-2-4-11(13)16(17)18/h2-8,15H,14H2,1H3. The van der Waals surface area contributed by atoms with Crippen LogP contribution in [0.5, 0.6) is 5.75 Å². The first-order valence-corrected chi connectivity index (χ1v) is 7.53. The number of nitrogens with one attached hydrogen (secondary N) is 1. The van der Waals surface area contributed by atoms with Gasteiger partial charge in [0.15, 0.2) is 4.90 Å². The fourth-order valence-corrected chi connectivity index (χ4v) is 3.07. The number of anilines is 2. The smallest absolute Gasteiger partial charge is 0.289 e. The molecule has 0 saturated heterocycles. The third-order valence-corrected chi connectivity index (χ3v) is 4.26. The summed E-state index contributed by atoms with van der Waals surface area (Å²) in [4.78, 5) is 9.76. The fraction of sp³-hybridized carbons (Fsp3) is 0.0769. The fourth-order valence-electron chi connectivity index (χ4n) is 1.84. The first kappa shape index (κ1) is 15.6. The van der Waals surface area contributed by atoms with E-state index in [0.717, 1.165) is 12.1 Å². The molecule has 0 amide bonds. The second-order valence-electron chi connectivity index (χ2n) is 4.29. The molecule has 0 spiro atoms. The zero-order valence-corrected chi connectivity index (χ0v) is 12.3. The zero-order valence-electron chi connectivity index (χ0n) is 11.5.